The molecule has 7 nitrogen and oxygen atoms in total. The molecule has 5 aliphatic rings. The van der Waals surface area contributed by atoms with Gasteiger partial charge in [0.1, 0.15) is 22.7 Å². The van der Waals surface area contributed by atoms with Crippen molar-refractivity contribution in [2.45, 2.75) is 72.6 Å². The van der Waals surface area contributed by atoms with Gasteiger partial charge in [0.2, 0.25) is 5.78 Å². The predicted octanol–water partition coefficient (Wildman–Crippen LogP) is 6.72. The first kappa shape index (κ1) is 29.5. The maximum absolute atomic E-state index is 14.6. The Labute approximate surface area is 253 Å². The highest BCUT2D eigenvalue weighted by molar-refractivity contribution is 6.13. The van der Waals surface area contributed by atoms with Gasteiger partial charge in [-0.15, -0.1) is 0 Å². The normalized spacial score (nSPS) is 33.0. The molecule has 1 fully saturated rings. The zero-order valence-electron chi connectivity index (χ0n) is 25.5. The molecule has 2 unspecified atom stereocenters. The van der Waals surface area contributed by atoms with Crippen LogP contribution < -0.4 is 4.74 Å². The summed E-state index contributed by atoms with van der Waals surface area (Å²) in [6.07, 6.45) is 12.3. The Hall–Kier alpha value is -3.61. The van der Waals surface area contributed by atoms with E-state index in [0.29, 0.717) is 37.2 Å². The van der Waals surface area contributed by atoms with Crippen LogP contribution >= 0.6 is 0 Å². The molecule has 1 saturated carbocycles. The van der Waals surface area contributed by atoms with Crippen molar-refractivity contribution in [3.05, 3.63) is 70.7 Å². The van der Waals surface area contributed by atoms with Gasteiger partial charge >= 0.3 is 5.97 Å². The molecule has 0 saturated heterocycles. The number of phenols is 1. The number of hydrogen-bond acceptors (Lipinski definition) is 6. The summed E-state index contributed by atoms with van der Waals surface area (Å²) in [4.78, 5) is 41.4. The van der Waals surface area contributed by atoms with Gasteiger partial charge in [-0.3, -0.25) is 14.4 Å². The summed E-state index contributed by atoms with van der Waals surface area (Å²) in [5.74, 6) is -2.10. The number of carboxylic acid groups (broad SMARTS) is 1. The summed E-state index contributed by atoms with van der Waals surface area (Å²) >= 11 is 0. The predicted molar refractivity (Wildman–Crippen MR) is 161 cm³/mol. The highest BCUT2D eigenvalue weighted by Crippen LogP contribution is 2.60. The van der Waals surface area contributed by atoms with Crippen LogP contribution in [0, 0.1) is 40.4 Å². The molecular weight excluding hydrogens is 544 g/mol. The molecule has 2 N–H and O–H groups in total. The second-order valence-electron chi connectivity index (χ2n) is 13.6. The first-order chi connectivity index (χ1) is 20.5. The van der Waals surface area contributed by atoms with E-state index >= 15 is 0 Å². The van der Waals surface area contributed by atoms with E-state index in [4.69, 9.17) is 9.47 Å². The highest BCUT2D eigenvalue weighted by Gasteiger charge is 2.62. The van der Waals surface area contributed by atoms with Crippen LogP contribution in [0.5, 0.6) is 11.5 Å². The van der Waals surface area contributed by atoms with E-state index in [1.54, 1.807) is 25.1 Å². The lowest BCUT2D eigenvalue weighted by atomic mass is 9.50. The third-order valence-electron chi connectivity index (χ3n) is 11.0. The molecule has 1 aromatic rings. The van der Waals surface area contributed by atoms with Crippen molar-refractivity contribution in [3.8, 4) is 11.5 Å². The summed E-state index contributed by atoms with van der Waals surface area (Å²) in [7, 11) is 0. The quantitative estimate of drug-likeness (QED) is 0.356. The van der Waals surface area contributed by atoms with Crippen LogP contribution in [-0.4, -0.2) is 34.4 Å². The smallest absolute Gasteiger partial charge is 0.307 e. The Morgan fingerprint density at radius 2 is 1.93 bits per heavy atom. The first-order valence-electron chi connectivity index (χ1n) is 15.7. The number of benzene rings is 1. The van der Waals surface area contributed by atoms with Crippen molar-refractivity contribution in [2.24, 2.45) is 40.4 Å². The fourth-order valence-corrected chi connectivity index (χ4v) is 8.93. The number of ketones is 2. The Kier molecular flexibility index (Phi) is 7.42. The molecule has 0 bridgehead atoms. The van der Waals surface area contributed by atoms with Gasteiger partial charge in [0.05, 0.1) is 12.5 Å². The summed E-state index contributed by atoms with van der Waals surface area (Å²) in [6, 6.07) is 4.96. The van der Waals surface area contributed by atoms with Crippen molar-refractivity contribution < 1.29 is 34.1 Å². The second kappa shape index (κ2) is 10.8. The SMILES string of the molecule is CCOC1=CC(=O)[C@@]2(C3=CCc4ccc(O)cc4O3)[C@H](CC3C4CCCC(C)(C)C4=CC[C@@H]3C(=O)O)C(C)=CC[C@H]2C1=O. The van der Waals surface area contributed by atoms with Crippen LogP contribution in [0.2, 0.25) is 0 Å². The fraction of sp³-hybridized carbons (Fsp3) is 0.528. The molecule has 0 amide bonds. The second-order valence-corrected chi connectivity index (χ2v) is 13.6. The van der Waals surface area contributed by atoms with E-state index in [2.05, 4.69) is 26.0 Å². The van der Waals surface area contributed by atoms with Crippen molar-refractivity contribution >= 4 is 17.5 Å². The molecule has 0 radical (unpaired) electrons. The number of Topliss-reactive ketones (excluding diaryl/α,β-unsaturated/α-hetero) is 1. The van der Waals surface area contributed by atoms with Crippen molar-refractivity contribution in [2.75, 3.05) is 6.61 Å². The Balaban J connectivity index is 1.50. The Morgan fingerprint density at radius 1 is 1.14 bits per heavy atom. The van der Waals surface area contributed by atoms with Gasteiger partial charge in [-0.2, -0.15) is 0 Å². The molecule has 4 aliphatic carbocycles. The number of carbonyl (C=O) groups excluding carboxylic acids is 2. The number of fused-ring (bicyclic) bond motifs is 3. The van der Waals surface area contributed by atoms with E-state index in [1.165, 1.54) is 11.6 Å². The molecule has 228 valence electrons. The number of hydrogen-bond donors (Lipinski definition) is 2. The number of carboxylic acids is 1. The standard InChI is InChI=1S/C36H42O7/c1-5-42-30-19-31(38)36(32-15-10-21-9-11-22(37)17-29(21)43-32)27(33(30)39)13-8-20(2)28(36)18-25-23-7-6-16-35(3,4)26(23)14-12-24(25)34(40)41/h8-9,11,14-15,17,19,23-25,27-28,37H,5-7,10,12-13,16,18H2,1-4H3,(H,40,41)/t23?,24-,25?,27-,28+,36-/m0/s1. The van der Waals surface area contributed by atoms with E-state index in [9.17, 15) is 24.6 Å². The van der Waals surface area contributed by atoms with E-state index < -0.39 is 29.1 Å². The van der Waals surface area contributed by atoms with Gasteiger partial charge in [0.15, 0.2) is 11.5 Å². The number of ether oxygens (including phenoxy) is 2. The fourth-order valence-electron chi connectivity index (χ4n) is 8.93. The molecule has 7 heteroatoms. The van der Waals surface area contributed by atoms with Crippen LogP contribution in [0.25, 0.3) is 0 Å². The van der Waals surface area contributed by atoms with Crippen LogP contribution in [-0.2, 0) is 25.5 Å². The third-order valence-corrected chi connectivity index (χ3v) is 11.0. The van der Waals surface area contributed by atoms with Crippen molar-refractivity contribution in [1.82, 2.24) is 0 Å². The molecule has 1 aromatic carbocycles. The van der Waals surface area contributed by atoms with Crippen molar-refractivity contribution in [3.63, 3.8) is 0 Å². The topological polar surface area (TPSA) is 110 Å². The highest BCUT2D eigenvalue weighted by atomic mass is 16.5. The number of rotatable bonds is 6. The molecule has 0 aromatic heterocycles. The van der Waals surface area contributed by atoms with E-state index in [-0.39, 0.29) is 46.9 Å². The van der Waals surface area contributed by atoms with Gasteiger partial charge in [-0.05, 0) is 87.3 Å². The maximum atomic E-state index is 14.6. The molecule has 6 rings (SSSR count). The lowest BCUT2D eigenvalue weighted by Crippen LogP contribution is -2.56. The van der Waals surface area contributed by atoms with E-state index in [1.807, 2.05) is 13.0 Å². The zero-order valence-corrected chi connectivity index (χ0v) is 25.5. The summed E-state index contributed by atoms with van der Waals surface area (Å²) in [6.45, 7) is 8.57. The maximum Gasteiger partial charge on any atom is 0.307 e. The van der Waals surface area contributed by atoms with Gasteiger partial charge in [0.25, 0.3) is 0 Å². The average molecular weight is 587 g/mol. The average Bonchev–Trinajstić information content (AvgIpc) is 2.96. The lowest BCUT2D eigenvalue weighted by molar-refractivity contribution is -0.147. The van der Waals surface area contributed by atoms with Gasteiger partial charge in [-0.25, -0.2) is 0 Å². The van der Waals surface area contributed by atoms with Crippen LogP contribution in [0.3, 0.4) is 0 Å². The van der Waals surface area contributed by atoms with Crippen LogP contribution in [0.4, 0.5) is 0 Å². The third kappa shape index (κ3) is 4.67. The molecule has 6 atom stereocenters. The lowest BCUT2D eigenvalue weighted by Gasteiger charge is -2.53. The number of allylic oxidation sites excluding steroid dienone is 8. The number of aromatic hydroxyl groups is 1. The summed E-state index contributed by atoms with van der Waals surface area (Å²) in [5, 5.41) is 20.7. The largest absolute Gasteiger partial charge is 0.508 e. The van der Waals surface area contributed by atoms with Crippen LogP contribution in [0.1, 0.15) is 71.8 Å². The monoisotopic (exact) mass is 586 g/mol. The number of aliphatic carboxylic acids is 1. The van der Waals surface area contributed by atoms with Gasteiger partial charge in [-0.1, -0.05) is 49.6 Å². The summed E-state index contributed by atoms with van der Waals surface area (Å²) < 4.78 is 12.2. The zero-order chi connectivity index (χ0) is 30.7. The van der Waals surface area contributed by atoms with Gasteiger partial charge in [0, 0.05) is 24.0 Å². The number of carbonyl (C=O) groups is 3. The molecular formula is C36H42O7. The Bertz CT molecular complexity index is 1490. The van der Waals surface area contributed by atoms with Gasteiger partial charge < -0.3 is 19.7 Å². The Morgan fingerprint density at radius 3 is 2.67 bits per heavy atom. The first-order valence-corrected chi connectivity index (χ1v) is 15.7. The molecule has 43 heavy (non-hydrogen) atoms. The number of phenolic OH excluding ortho intramolecular Hbond substituents is 1. The molecule has 1 aliphatic heterocycles. The van der Waals surface area contributed by atoms with E-state index in [0.717, 1.165) is 30.4 Å². The van der Waals surface area contributed by atoms with Crippen molar-refractivity contribution in [1.29, 1.82) is 0 Å². The van der Waals surface area contributed by atoms with Crippen LogP contribution in [0.15, 0.2) is 65.2 Å². The minimum atomic E-state index is -1.34. The minimum Gasteiger partial charge on any atom is -0.508 e. The minimum absolute atomic E-state index is 0.00517. The molecule has 1 heterocycles. The molecule has 0 spiro atoms. The summed E-state index contributed by atoms with van der Waals surface area (Å²) in [5.41, 5.74) is 1.86.